The summed E-state index contributed by atoms with van der Waals surface area (Å²) in [7, 11) is 0. The molecule has 4 aromatic carbocycles. The summed E-state index contributed by atoms with van der Waals surface area (Å²) in [4.78, 5) is 30.1. The van der Waals surface area contributed by atoms with Gasteiger partial charge in [0.15, 0.2) is 0 Å². The molecule has 0 N–H and O–H groups in total. The van der Waals surface area contributed by atoms with Gasteiger partial charge >= 0.3 is 0 Å². The Morgan fingerprint density at radius 2 is 1.32 bits per heavy atom. The molecule has 8 heteroatoms. The smallest absolute Gasteiger partial charge is 0.259 e. The van der Waals surface area contributed by atoms with E-state index in [1.165, 1.54) is 4.90 Å². The normalized spacial score (nSPS) is 23.5. The summed E-state index contributed by atoms with van der Waals surface area (Å²) in [6.07, 6.45) is 2.84. The van der Waals surface area contributed by atoms with E-state index < -0.39 is 12.0 Å². The van der Waals surface area contributed by atoms with E-state index in [-0.39, 0.29) is 23.8 Å². The van der Waals surface area contributed by atoms with Crippen LogP contribution in [-0.4, -0.2) is 22.9 Å². The molecule has 204 valence electrons. The highest BCUT2D eigenvalue weighted by Gasteiger charge is 2.60. The van der Waals surface area contributed by atoms with Gasteiger partial charge in [-0.25, -0.2) is 4.90 Å². The van der Waals surface area contributed by atoms with Crippen molar-refractivity contribution in [3.63, 3.8) is 0 Å². The van der Waals surface area contributed by atoms with Gasteiger partial charge in [0.1, 0.15) is 6.04 Å². The number of imide groups is 1. The number of anilines is 2. The van der Waals surface area contributed by atoms with Crippen molar-refractivity contribution in [2.45, 2.75) is 24.4 Å². The Bertz CT molecular complexity index is 1680. The summed E-state index contributed by atoms with van der Waals surface area (Å²) in [6, 6.07) is 32.0. The number of hydrogen-bond donors (Lipinski definition) is 0. The molecule has 7 rings (SSSR count). The van der Waals surface area contributed by atoms with E-state index in [9.17, 15) is 9.59 Å². The molecule has 0 saturated carbocycles. The fraction of sp³-hybridized carbons (Fsp3) is 0.152. The first-order valence-electron chi connectivity index (χ1n) is 13.4. The van der Waals surface area contributed by atoms with E-state index in [4.69, 9.17) is 23.2 Å². The number of carbonyl (C=O) groups is 2. The van der Waals surface area contributed by atoms with Crippen LogP contribution in [0, 0.1) is 5.92 Å². The average molecular weight is 645 g/mol. The molecule has 5 nitrogen and oxygen atoms in total. The summed E-state index contributed by atoms with van der Waals surface area (Å²) in [6.45, 7) is 0. The Morgan fingerprint density at radius 3 is 1.98 bits per heavy atom. The molecule has 2 fully saturated rings. The summed E-state index contributed by atoms with van der Waals surface area (Å²) >= 11 is 16.0. The molecule has 2 saturated heterocycles. The number of amides is 2. The van der Waals surface area contributed by atoms with Crippen LogP contribution in [0.15, 0.2) is 119 Å². The topological polar surface area (TPSA) is 43.9 Å². The quantitative estimate of drug-likeness (QED) is 0.210. The largest absolute Gasteiger partial charge is 0.277 e. The third-order valence-corrected chi connectivity index (χ3v) is 9.16. The second-order valence-electron chi connectivity index (χ2n) is 10.5. The lowest BCUT2D eigenvalue weighted by Crippen LogP contribution is -2.53. The molecule has 0 bridgehead atoms. The second kappa shape index (κ2) is 10.4. The molecule has 4 atom stereocenters. The second-order valence-corrected chi connectivity index (χ2v) is 12.3. The first-order chi connectivity index (χ1) is 19.9. The standard InChI is InChI=1S/C33H24BrCl2N3O2/c34-22-5-4-8-26(17-22)37-32(40)30-28(20-9-13-23(35)14-10-20)18-27-19-29(21-11-15-24(36)16-12-21)38(25-6-2-1-3-7-25)39(27)31(30)33(37)41/h1-18,28-31H,19H2. The van der Waals surface area contributed by atoms with Gasteiger partial charge in [0.25, 0.3) is 5.91 Å². The molecule has 3 aliphatic heterocycles. The van der Waals surface area contributed by atoms with E-state index in [0.29, 0.717) is 22.2 Å². The molecule has 2 amide bonds. The average Bonchev–Trinajstić information content (AvgIpc) is 3.48. The highest BCUT2D eigenvalue weighted by atomic mass is 79.9. The van der Waals surface area contributed by atoms with Crippen molar-refractivity contribution in [2.75, 3.05) is 9.91 Å². The van der Waals surface area contributed by atoms with Crippen molar-refractivity contribution in [3.05, 3.63) is 141 Å². The zero-order valence-corrected chi connectivity index (χ0v) is 24.8. The Morgan fingerprint density at radius 1 is 0.683 bits per heavy atom. The number of para-hydroxylation sites is 1. The lowest BCUT2D eigenvalue weighted by atomic mass is 9.78. The minimum Gasteiger partial charge on any atom is -0.277 e. The SMILES string of the molecule is O=C1C2C(c3ccc(Cl)cc3)C=C3CC(c4ccc(Cl)cc4)N(c4ccccc4)N3C2C(=O)N1c1cccc(Br)c1. The third-order valence-electron chi connectivity index (χ3n) is 8.16. The van der Waals surface area contributed by atoms with Gasteiger partial charge in [-0.3, -0.25) is 19.6 Å². The summed E-state index contributed by atoms with van der Waals surface area (Å²) in [5, 5.41) is 5.54. The third kappa shape index (κ3) is 4.45. The van der Waals surface area contributed by atoms with Crippen LogP contribution in [-0.2, 0) is 9.59 Å². The lowest BCUT2D eigenvalue weighted by Gasteiger charge is -2.43. The van der Waals surface area contributed by atoms with E-state index in [2.05, 4.69) is 32.0 Å². The lowest BCUT2D eigenvalue weighted by molar-refractivity contribution is -0.122. The van der Waals surface area contributed by atoms with Gasteiger partial charge in [0.2, 0.25) is 5.91 Å². The van der Waals surface area contributed by atoms with Crippen LogP contribution < -0.4 is 9.91 Å². The maximum absolute atomic E-state index is 14.5. The van der Waals surface area contributed by atoms with Crippen molar-refractivity contribution in [3.8, 4) is 0 Å². The van der Waals surface area contributed by atoms with Crippen molar-refractivity contribution in [1.29, 1.82) is 0 Å². The molecular weight excluding hydrogens is 621 g/mol. The van der Waals surface area contributed by atoms with Gasteiger partial charge < -0.3 is 0 Å². The molecular formula is C33H24BrCl2N3O2. The van der Waals surface area contributed by atoms with E-state index in [1.807, 2.05) is 97.1 Å². The zero-order chi connectivity index (χ0) is 28.2. The molecule has 0 aromatic heterocycles. The van der Waals surface area contributed by atoms with Gasteiger partial charge in [-0.2, -0.15) is 0 Å². The molecule has 4 aromatic rings. The van der Waals surface area contributed by atoms with Gasteiger partial charge in [0.05, 0.1) is 23.3 Å². The van der Waals surface area contributed by atoms with E-state index >= 15 is 0 Å². The van der Waals surface area contributed by atoms with Crippen LogP contribution in [0.25, 0.3) is 0 Å². The Labute approximate surface area is 256 Å². The summed E-state index contributed by atoms with van der Waals surface area (Å²) < 4.78 is 0.799. The van der Waals surface area contributed by atoms with Gasteiger partial charge in [-0.1, -0.05) is 93.7 Å². The first kappa shape index (κ1) is 26.3. The maximum atomic E-state index is 14.5. The van der Waals surface area contributed by atoms with Crippen LogP contribution in [0.5, 0.6) is 0 Å². The number of fused-ring (bicyclic) bond motifs is 3. The predicted molar refractivity (Wildman–Crippen MR) is 166 cm³/mol. The van der Waals surface area contributed by atoms with Crippen molar-refractivity contribution >= 4 is 62.3 Å². The Hall–Kier alpha value is -3.58. The highest BCUT2D eigenvalue weighted by Crippen LogP contribution is 2.52. The van der Waals surface area contributed by atoms with Crippen LogP contribution in [0.2, 0.25) is 10.0 Å². The fourth-order valence-corrected chi connectivity index (χ4v) is 7.05. The molecule has 41 heavy (non-hydrogen) atoms. The summed E-state index contributed by atoms with van der Waals surface area (Å²) in [5.41, 5.74) is 4.54. The number of nitrogens with zero attached hydrogens (tertiary/aromatic N) is 3. The van der Waals surface area contributed by atoms with Gasteiger partial charge in [0, 0.05) is 32.6 Å². The monoisotopic (exact) mass is 643 g/mol. The first-order valence-corrected chi connectivity index (χ1v) is 14.9. The van der Waals surface area contributed by atoms with Crippen molar-refractivity contribution < 1.29 is 9.59 Å². The highest BCUT2D eigenvalue weighted by molar-refractivity contribution is 9.10. The van der Waals surface area contributed by atoms with E-state index in [0.717, 1.165) is 27.0 Å². The van der Waals surface area contributed by atoms with Crippen LogP contribution in [0.1, 0.15) is 29.5 Å². The summed E-state index contributed by atoms with van der Waals surface area (Å²) in [5.74, 6) is -1.36. The molecule has 0 spiro atoms. The number of halogens is 3. The predicted octanol–water partition coefficient (Wildman–Crippen LogP) is 8.16. The Kier molecular flexibility index (Phi) is 6.65. The van der Waals surface area contributed by atoms with Crippen molar-refractivity contribution in [2.24, 2.45) is 5.92 Å². The molecule has 0 aliphatic carbocycles. The fourth-order valence-electron chi connectivity index (χ4n) is 6.41. The number of allylic oxidation sites excluding steroid dienone is 1. The molecule has 0 radical (unpaired) electrons. The molecule has 3 aliphatic rings. The van der Waals surface area contributed by atoms with Crippen molar-refractivity contribution in [1.82, 2.24) is 5.01 Å². The number of benzene rings is 4. The maximum Gasteiger partial charge on any atom is 0.259 e. The number of hydrazine groups is 1. The number of rotatable bonds is 4. The molecule has 4 unspecified atom stereocenters. The van der Waals surface area contributed by atoms with Crippen LogP contribution in [0.3, 0.4) is 0 Å². The zero-order valence-electron chi connectivity index (χ0n) is 21.7. The van der Waals surface area contributed by atoms with Gasteiger partial charge in [-0.15, -0.1) is 0 Å². The minimum atomic E-state index is -0.723. The number of hydrogen-bond acceptors (Lipinski definition) is 4. The Balaban J connectivity index is 1.42. The minimum absolute atomic E-state index is 0.0895. The number of carbonyl (C=O) groups excluding carboxylic acids is 2. The van der Waals surface area contributed by atoms with Gasteiger partial charge in [-0.05, 0) is 65.7 Å². The van der Waals surface area contributed by atoms with Crippen LogP contribution in [0.4, 0.5) is 11.4 Å². The molecule has 3 heterocycles. The van der Waals surface area contributed by atoms with Crippen LogP contribution >= 0.6 is 39.1 Å². The van der Waals surface area contributed by atoms with E-state index in [1.54, 1.807) is 6.07 Å².